The lowest BCUT2D eigenvalue weighted by molar-refractivity contribution is -0.138. The molecule has 1 unspecified atom stereocenters. The number of hydrogen-bond donors (Lipinski definition) is 3. The molecule has 1 atom stereocenters. The van der Waals surface area contributed by atoms with Crippen LogP contribution in [0.25, 0.3) is 11.3 Å². The van der Waals surface area contributed by atoms with Crippen molar-refractivity contribution in [2.75, 3.05) is 23.7 Å². The van der Waals surface area contributed by atoms with E-state index in [-0.39, 0.29) is 5.92 Å². The van der Waals surface area contributed by atoms with Crippen LogP contribution in [0.1, 0.15) is 52.7 Å². The maximum absolute atomic E-state index is 14.1. The summed E-state index contributed by atoms with van der Waals surface area (Å²) in [6, 6.07) is 10.8. The number of nitrogens with one attached hydrogen (secondary N) is 3. The zero-order valence-electron chi connectivity index (χ0n) is 22.7. The first-order valence-corrected chi connectivity index (χ1v) is 13.4. The predicted molar refractivity (Wildman–Crippen MR) is 151 cm³/mol. The van der Waals surface area contributed by atoms with Gasteiger partial charge in [0, 0.05) is 35.5 Å². The molecular weight excluding hydrogens is 531 g/mol. The molecule has 0 bridgehead atoms. The third-order valence-corrected chi connectivity index (χ3v) is 7.46. The van der Waals surface area contributed by atoms with Gasteiger partial charge in [0.05, 0.1) is 16.8 Å². The Morgan fingerprint density at radius 3 is 2.54 bits per heavy atom. The lowest BCUT2D eigenvalue weighted by atomic mass is 9.81. The molecule has 0 spiro atoms. The Labute approximate surface area is 235 Å². The second kappa shape index (κ2) is 12.0. The van der Waals surface area contributed by atoms with Crippen LogP contribution in [0.4, 0.5) is 30.5 Å². The van der Waals surface area contributed by atoms with E-state index in [1.54, 1.807) is 48.9 Å². The number of alkyl halides is 3. The Hall–Kier alpha value is -4.38. The fraction of sp³-hybridized carbons (Fsp3) is 0.300. The molecule has 11 heteroatoms. The molecule has 0 radical (unpaired) electrons. The van der Waals surface area contributed by atoms with Gasteiger partial charge in [-0.05, 0) is 86.1 Å². The Bertz CT molecular complexity index is 1520. The number of aryl methyl sites for hydroxylation is 1. The number of amides is 1. The van der Waals surface area contributed by atoms with Crippen molar-refractivity contribution < 1.29 is 18.0 Å². The van der Waals surface area contributed by atoms with Gasteiger partial charge in [-0.25, -0.2) is 19.9 Å². The molecule has 41 heavy (non-hydrogen) atoms. The highest BCUT2D eigenvalue weighted by molar-refractivity contribution is 6.05. The van der Waals surface area contributed by atoms with Gasteiger partial charge in [0.1, 0.15) is 6.33 Å². The standard InChI is InChI=1S/C30H30F3N7O/c1-18-3-5-23(14-27(18)40-29-37-12-9-26(39-29)22-15-35-17-36-16-22)38-28(41)24-6-4-21(13-25(24)30(31,32)33)19(2)20-7-10-34-11-8-20/h3-6,9,12-17,19-20,34H,7-8,10-11H2,1-2H3,(H,38,41)(H,37,39,40). The zero-order chi connectivity index (χ0) is 29.0. The molecule has 1 saturated heterocycles. The number of halogens is 3. The minimum Gasteiger partial charge on any atom is -0.324 e. The topological polar surface area (TPSA) is 105 Å². The monoisotopic (exact) mass is 561 g/mol. The number of carbonyl (C=O) groups excluding carboxylic acids is 1. The van der Waals surface area contributed by atoms with Gasteiger partial charge in [-0.3, -0.25) is 4.79 Å². The van der Waals surface area contributed by atoms with Gasteiger partial charge in [0.25, 0.3) is 5.91 Å². The molecule has 1 fully saturated rings. The summed E-state index contributed by atoms with van der Waals surface area (Å²) >= 11 is 0. The maximum atomic E-state index is 14.1. The Morgan fingerprint density at radius 1 is 1.05 bits per heavy atom. The highest BCUT2D eigenvalue weighted by atomic mass is 19.4. The molecule has 4 aromatic rings. The van der Waals surface area contributed by atoms with Crippen molar-refractivity contribution in [1.82, 2.24) is 25.3 Å². The molecule has 1 aliphatic rings. The summed E-state index contributed by atoms with van der Waals surface area (Å²) in [5, 5.41) is 9.04. The van der Waals surface area contributed by atoms with Crippen molar-refractivity contribution in [3.05, 3.63) is 89.6 Å². The van der Waals surface area contributed by atoms with E-state index in [2.05, 4.69) is 35.9 Å². The van der Waals surface area contributed by atoms with Gasteiger partial charge < -0.3 is 16.0 Å². The average molecular weight is 562 g/mol. The molecule has 8 nitrogen and oxygen atoms in total. The largest absolute Gasteiger partial charge is 0.417 e. The number of benzene rings is 2. The van der Waals surface area contributed by atoms with Crippen LogP contribution in [0.2, 0.25) is 0 Å². The minimum atomic E-state index is -4.68. The minimum absolute atomic E-state index is 0.0452. The van der Waals surface area contributed by atoms with Gasteiger partial charge in [-0.2, -0.15) is 13.2 Å². The van der Waals surface area contributed by atoms with Gasteiger partial charge >= 0.3 is 6.18 Å². The van der Waals surface area contributed by atoms with Crippen molar-refractivity contribution in [2.24, 2.45) is 5.92 Å². The van der Waals surface area contributed by atoms with E-state index in [1.807, 2.05) is 13.8 Å². The predicted octanol–water partition coefficient (Wildman–Crippen LogP) is 6.36. The third-order valence-electron chi connectivity index (χ3n) is 7.46. The van der Waals surface area contributed by atoms with E-state index in [0.29, 0.717) is 40.1 Å². The zero-order valence-corrected chi connectivity index (χ0v) is 22.7. The summed E-state index contributed by atoms with van der Waals surface area (Å²) < 4.78 is 42.4. The van der Waals surface area contributed by atoms with Gasteiger partial charge in [-0.1, -0.05) is 19.1 Å². The number of hydrogen-bond acceptors (Lipinski definition) is 7. The van der Waals surface area contributed by atoms with Gasteiger partial charge in [0.2, 0.25) is 5.95 Å². The smallest absolute Gasteiger partial charge is 0.324 e. The first-order valence-electron chi connectivity index (χ1n) is 13.4. The molecule has 0 saturated carbocycles. The fourth-order valence-electron chi connectivity index (χ4n) is 5.06. The van der Waals surface area contributed by atoms with Crippen molar-refractivity contribution in [1.29, 1.82) is 0 Å². The number of nitrogens with zero attached hydrogens (tertiary/aromatic N) is 4. The van der Waals surface area contributed by atoms with E-state index < -0.39 is 23.2 Å². The van der Waals surface area contributed by atoms with E-state index in [0.717, 1.165) is 37.6 Å². The van der Waals surface area contributed by atoms with Crippen molar-refractivity contribution in [3.8, 4) is 11.3 Å². The molecule has 3 heterocycles. The van der Waals surface area contributed by atoms with Crippen molar-refractivity contribution in [2.45, 2.75) is 38.8 Å². The number of aromatic nitrogens is 4. The number of carbonyl (C=O) groups is 1. The second-order valence-electron chi connectivity index (χ2n) is 10.2. The lowest BCUT2D eigenvalue weighted by Gasteiger charge is -2.29. The number of piperidine rings is 1. The molecule has 1 aliphatic heterocycles. The molecule has 3 N–H and O–H groups in total. The lowest BCUT2D eigenvalue weighted by Crippen LogP contribution is -2.30. The summed E-state index contributed by atoms with van der Waals surface area (Å²) in [5.74, 6) is -0.288. The maximum Gasteiger partial charge on any atom is 0.417 e. The van der Waals surface area contributed by atoms with Crippen LogP contribution in [-0.4, -0.2) is 38.9 Å². The van der Waals surface area contributed by atoms with Gasteiger partial charge in [-0.15, -0.1) is 0 Å². The number of rotatable bonds is 7. The van der Waals surface area contributed by atoms with Crippen molar-refractivity contribution >= 4 is 23.2 Å². The van der Waals surface area contributed by atoms with Crippen LogP contribution in [0, 0.1) is 12.8 Å². The highest BCUT2D eigenvalue weighted by Crippen LogP contribution is 2.37. The van der Waals surface area contributed by atoms with Crippen molar-refractivity contribution in [3.63, 3.8) is 0 Å². The fourth-order valence-corrected chi connectivity index (χ4v) is 5.06. The first-order chi connectivity index (χ1) is 19.7. The SMILES string of the molecule is Cc1ccc(NC(=O)c2ccc(C(C)C3CCNCC3)cc2C(F)(F)F)cc1Nc1nccc(-c2cncnc2)n1. The summed E-state index contributed by atoms with van der Waals surface area (Å²) in [6.07, 6.45) is 3.42. The Kier molecular flexibility index (Phi) is 8.25. The average Bonchev–Trinajstić information content (AvgIpc) is 2.99. The van der Waals surface area contributed by atoms with Crippen LogP contribution in [0.3, 0.4) is 0 Å². The van der Waals surface area contributed by atoms with Crippen LogP contribution in [-0.2, 0) is 6.18 Å². The number of anilines is 3. The van der Waals surface area contributed by atoms with Crippen LogP contribution >= 0.6 is 0 Å². The summed E-state index contributed by atoms with van der Waals surface area (Å²) in [7, 11) is 0. The molecular formula is C30H30F3N7O. The Balaban J connectivity index is 1.36. The highest BCUT2D eigenvalue weighted by Gasteiger charge is 2.36. The van der Waals surface area contributed by atoms with Crippen LogP contribution < -0.4 is 16.0 Å². The first kappa shape index (κ1) is 28.2. The summed E-state index contributed by atoms with van der Waals surface area (Å²) in [6.45, 7) is 5.52. The molecule has 1 amide bonds. The van der Waals surface area contributed by atoms with Gasteiger partial charge in [0.15, 0.2) is 0 Å². The van der Waals surface area contributed by atoms with Crippen LogP contribution in [0.15, 0.2) is 67.4 Å². The van der Waals surface area contributed by atoms with E-state index in [9.17, 15) is 18.0 Å². The molecule has 0 aliphatic carbocycles. The molecule has 212 valence electrons. The quantitative estimate of drug-likeness (QED) is 0.241. The summed E-state index contributed by atoms with van der Waals surface area (Å²) in [4.78, 5) is 29.9. The van der Waals surface area contributed by atoms with Crippen LogP contribution in [0.5, 0.6) is 0 Å². The second-order valence-corrected chi connectivity index (χ2v) is 10.2. The Morgan fingerprint density at radius 2 is 1.80 bits per heavy atom. The molecule has 5 rings (SSSR count). The van der Waals surface area contributed by atoms with E-state index >= 15 is 0 Å². The molecule has 2 aromatic carbocycles. The third kappa shape index (κ3) is 6.68. The van der Waals surface area contributed by atoms with E-state index in [1.165, 1.54) is 12.4 Å². The summed E-state index contributed by atoms with van der Waals surface area (Å²) in [5.41, 5.74) is 2.31. The van der Waals surface area contributed by atoms with E-state index in [4.69, 9.17) is 0 Å². The molecule has 2 aromatic heterocycles. The normalized spacial score (nSPS) is 14.9.